The van der Waals surface area contributed by atoms with Gasteiger partial charge in [0.2, 0.25) is 0 Å². The third-order valence-electron chi connectivity index (χ3n) is 12.0. The summed E-state index contributed by atoms with van der Waals surface area (Å²) in [5.41, 5.74) is 7.34. The van der Waals surface area contributed by atoms with Crippen LogP contribution < -0.4 is 124 Å². The summed E-state index contributed by atoms with van der Waals surface area (Å²) in [4.78, 5) is 47.8. The van der Waals surface area contributed by atoms with Gasteiger partial charge in [0.25, 0.3) is 10.4 Å². The molecule has 0 amide bonds. The number of likely N-dealkylation sites (N-methyl/N-ethyl adjacent to an activating group) is 1. The number of likely N-dealkylation sites (tertiary alicyclic amines) is 1. The maximum absolute atomic E-state index is 8.25. The molecule has 46 heteroatoms. The van der Waals surface area contributed by atoms with Gasteiger partial charge in [-0.1, -0.05) is 133 Å². The van der Waals surface area contributed by atoms with E-state index in [9.17, 15) is 0 Å². The Bertz CT molecular complexity index is 3590. The van der Waals surface area contributed by atoms with Gasteiger partial charge in [-0.05, 0) is 301 Å². The normalized spacial score (nSPS) is 11.3. The number of benzene rings is 2. The van der Waals surface area contributed by atoms with E-state index in [1.165, 1.54) is 73.2 Å². The van der Waals surface area contributed by atoms with Gasteiger partial charge in [-0.3, -0.25) is 9.80 Å². The fourth-order valence-electron chi connectivity index (χ4n) is 7.36. The molecule has 0 bridgehead atoms. The Morgan fingerprint density at radius 1 is 0.455 bits per heavy atom. The van der Waals surface area contributed by atoms with Gasteiger partial charge in [0, 0.05) is 66.5 Å². The zero-order valence-corrected chi connectivity index (χ0v) is 99.5. The average Bonchev–Trinajstić information content (AvgIpc) is 1.38. The fraction of sp³-hybridized carbons (Fsp3) is 0.409. The zero-order chi connectivity index (χ0) is 81.7. The van der Waals surface area contributed by atoms with Gasteiger partial charge in [0.1, 0.15) is 6.61 Å². The summed E-state index contributed by atoms with van der Waals surface area (Å²) in [6, 6.07) is 21.5. The first kappa shape index (κ1) is 122. The van der Waals surface area contributed by atoms with Crippen LogP contribution in [0.1, 0.15) is 60.4 Å². The molecular formula is C66H89Br14N16Na3O4S9. The molecule has 0 spiro atoms. The van der Waals surface area contributed by atoms with E-state index in [-0.39, 0.29) is 91.5 Å². The second-order valence-electron chi connectivity index (χ2n) is 20.1. The van der Waals surface area contributed by atoms with Gasteiger partial charge in [0.15, 0.2) is 29.8 Å². The van der Waals surface area contributed by atoms with E-state index in [1.807, 2.05) is 46.2 Å². The Hall–Kier alpha value is 3.75. The van der Waals surface area contributed by atoms with Crippen molar-refractivity contribution in [1.82, 2.24) is 64.9 Å². The second kappa shape index (κ2) is 80.6. The molecule has 2 aliphatic rings. The monoisotopic (exact) mass is 2630 g/mol. The number of aliphatic hydroxyl groups is 1. The number of ether oxygens (including phenoxy) is 2. The Morgan fingerprint density at radius 2 is 0.768 bits per heavy atom. The van der Waals surface area contributed by atoms with Gasteiger partial charge < -0.3 is 48.3 Å². The number of methoxy groups -OCH3 is 1. The standard InChI is InChI=1S/C14H16BrN3S.C12H17N.C9H15BrN2OS.C5H7BrN2S.C4H4BrNOS.5C3HBr2NS.C3H8O.C2H7N.CH5N.CH3O.3Na.2H/c15-13-10-16-14(19-13)18-8-6-17(7-9-18)11-12-4-2-1-3-5-12;1-3-7-12(8-4-1)11-13-9-5-2-6-10-13;1-3-12(4-2)5-6-13-9-11-7-8(10)14-9;1-8(2)5-7-3-4(6)9-5;1-7-4-6-2-3(5)8-4;5*4-2-1-6-3(5)7-2;1-2-3-4;1-3-2;2*1-2;;;;;/h1-5,10H,6-9,11H2;1,3-4,7-8H,2,5-6,9-11H2;7H,3-6H2,1-2H3;3H,1-2H3;2H,1H3;5*1H;4H,2-3H2,1H3;3H,1-2H3;2H2,1H3;1H3;;;;;/q;;;;;;;;;;;;;-1;3*+1;2*-1. The van der Waals surface area contributed by atoms with Gasteiger partial charge >= 0.3 is 88.7 Å². The predicted octanol–water partition coefficient (Wildman–Crippen LogP) is 15.8. The molecule has 20 nitrogen and oxygen atoms in total. The van der Waals surface area contributed by atoms with Crippen LogP contribution >= 0.6 is 325 Å². The number of piperidine rings is 1. The van der Waals surface area contributed by atoms with Crippen molar-refractivity contribution in [2.24, 2.45) is 5.73 Å². The third kappa shape index (κ3) is 66.2. The molecule has 0 unspecified atom stereocenters. The topological polar surface area (TPSA) is 232 Å². The summed E-state index contributed by atoms with van der Waals surface area (Å²) >= 11 is 59.9. The molecule has 2 saturated heterocycles. The molecule has 2 fully saturated rings. The van der Waals surface area contributed by atoms with Crippen molar-refractivity contribution in [1.29, 1.82) is 0 Å². The fourth-order valence-corrected chi connectivity index (χ4v) is 22.8. The zero-order valence-electron chi connectivity index (χ0n) is 66.0. The number of halogens is 14. The largest absolute Gasteiger partial charge is 1.00 e. The molecule has 11 heterocycles. The molecule has 612 valence electrons. The minimum atomic E-state index is 0. The molecule has 2 aliphatic heterocycles. The number of thiazole rings is 9. The maximum atomic E-state index is 8.25. The van der Waals surface area contributed by atoms with Crippen molar-refractivity contribution < 1.29 is 111 Å². The summed E-state index contributed by atoms with van der Waals surface area (Å²) in [6.45, 7) is 19.5. The smallest absolute Gasteiger partial charge is 1.00 e. The molecule has 112 heavy (non-hydrogen) atoms. The molecule has 11 aromatic rings. The van der Waals surface area contributed by atoms with Crippen molar-refractivity contribution >= 4 is 335 Å². The van der Waals surface area contributed by atoms with Crippen LogP contribution in [0, 0.1) is 0 Å². The molecule has 0 atom stereocenters. The molecule has 0 aliphatic carbocycles. The van der Waals surface area contributed by atoms with Crippen molar-refractivity contribution in [2.75, 3.05) is 131 Å². The van der Waals surface area contributed by atoms with E-state index in [0.717, 1.165) is 142 Å². The van der Waals surface area contributed by atoms with Gasteiger partial charge in [0.05, 0.1) is 97.0 Å². The maximum Gasteiger partial charge on any atom is 1.00 e. The minimum absolute atomic E-state index is 0. The second-order valence-corrected chi connectivity index (χ2v) is 48.1. The van der Waals surface area contributed by atoms with Crippen molar-refractivity contribution in [3.63, 3.8) is 0 Å². The van der Waals surface area contributed by atoms with Gasteiger partial charge in [-0.25, -0.2) is 44.9 Å². The molecule has 2 aromatic carbocycles. The SMILES string of the molecule is Brc1cnc(Br)s1.Brc1cnc(Br)s1.Brc1cnc(Br)s1.Brc1cnc(Br)s1.Brc1cnc(Br)s1.Brc1cnc(N2CCN(Cc3ccccc3)CC2)s1.CCCO.CCN(CC)CCOc1ncc(Br)s1.CN.CN(C)c1ncc(Br)s1.CNC.COc1ncc(Br)s1.C[O-].[H-].[H-].[Na+].[Na+].[Na+].c1ccc(CN2CCCCC2)cc1. The number of aliphatic hydroxyl groups excluding tert-OH is 1. The number of anilines is 2. The summed E-state index contributed by atoms with van der Waals surface area (Å²) in [5.74, 6) is 0. The summed E-state index contributed by atoms with van der Waals surface area (Å²) in [6.07, 6.45) is 21.0. The number of nitrogens with two attached hydrogens (primary N) is 1. The predicted molar refractivity (Wildman–Crippen MR) is 521 cm³/mol. The first-order valence-corrected chi connectivity index (χ1v) is 50.6. The third-order valence-corrected chi connectivity index (χ3v) is 27.8. The number of piperazine rings is 1. The Kier molecular flexibility index (Phi) is 87.8. The van der Waals surface area contributed by atoms with Crippen LogP contribution in [-0.4, -0.2) is 186 Å². The number of hydrogen-bond donors (Lipinski definition) is 3. The first-order valence-electron chi connectivity index (χ1n) is 32.1. The Morgan fingerprint density at radius 3 is 1.01 bits per heavy atom. The van der Waals surface area contributed by atoms with E-state index in [2.05, 4.69) is 373 Å². The quantitative estimate of drug-likeness (QED) is 0.0859. The van der Waals surface area contributed by atoms with Crippen LogP contribution in [-0.2, 0) is 13.1 Å². The number of hydrogen-bond acceptors (Lipinski definition) is 29. The number of nitrogens with one attached hydrogen (secondary N) is 1. The molecule has 4 N–H and O–H groups in total. The van der Waals surface area contributed by atoms with Crippen LogP contribution in [0.4, 0.5) is 10.3 Å². The number of nitrogens with zero attached hydrogens (tertiary/aromatic N) is 14. The number of rotatable bonds is 14. The first-order chi connectivity index (χ1) is 52.3. The molecule has 13 rings (SSSR count). The van der Waals surface area contributed by atoms with E-state index in [4.69, 9.17) is 19.7 Å². The van der Waals surface area contributed by atoms with Crippen LogP contribution in [0.25, 0.3) is 0 Å². The van der Waals surface area contributed by atoms with E-state index in [1.54, 1.807) is 136 Å². The van der Waals surface area contributed by atoms with E-state index >= 15 is 0 Å². The molecule has 9 aromatic heterocycles. The van der Waals surface area contributed by atoms with Crippen LogP contribution in [0.5, 0.6) is 10.4 Å². The average molecular weight is 2650 g/mol. The number of aromatic nitrogens is 9. The Balaban J connectivity index is -0.000000284. The van der Waals surface area contributed by atoms with Gasteiger partial charge in [-0.15, -0.1) is 56.7 Å². The molecular weight excluding hydrogens is 2560 g/mol. The van der Waals surface area contributed by atoms with Crippen LogP contribution in [0.3, 0.4) is 0 Å². The van der Waals surface area contributed by atoms with Crippen LogP contribution in [0.2, 0.25) is 0 Å². The van der Waals surface area contributed by atoms with Crippen LogP contribution in [0.15, 0.2) is 170 Å². The van der Waals surface area contributed by atoms with Crippen molar-refractivity contribution in [2.45, 2.75) is 59.5 Å². The van der Waals surface area contributed by atoms with Crippen molar-refractivity contribution in [3.8, 4) is 10.4 Å². The van der Waals surface area contributed by atoms with Gasteiger partial charge in [-0.2, -0.15) is 7.11 Å². The Labute approximate surface area is 885 Å². The summed E-state index contributed by atoms with van der Waals surface area (Å²) in [7, 11) is 11.6. The van der Waals surface area contributed by atoms with E-state index < -0.39 is 0 Å². The molecule has 0 radical (unpaired) electrons. The summed E-state index contributed by atoms with van der Waals surface area (Å²) < 4.78 is 24.3. The molecule has 0 saturated carbocycles. The van der Waals surface area contributed by atoms with E-state index in [0.29, 0.717) is 18.4 Å². The minimum Gasteiger partial charge on any atom is -1.00 e. The van der Waals surface area contributed by atoms with Crippen molar-refractivity contribution in [3.05, 3.63) is 181 Å². The summed E-state index contributed by atoms with van der Waals surface area (Å²) in [5, 5.41) is 22.5.